The summed E-state index contributed by atoms with van der Waals surface area (Å²) in [5.74, 6) is 0.560. The molecule has 38 heavy (non-hydrogen) atoms. The van der Waals surface area contributed by atoms with Crippen molar-refractivity contribution in [1.29, 1.82) is 0 Å². The number of allylic oxidation sites excluding steroid dienone is 4. The smallest absolute Gasteiger partial charge is 0.675 e. The summed E-state index contributed by atoms with van der Waals surface area (Å²) in [5, 5.41) is 0. The molecule has 1 unspecified atom stereocenters. The van der Waals surface area contributed by atoms with E-state index in [1.165, 1.54) is 85.6 Å². The maximum absolute atomic E-state index is 7.80. The average Bonchev–Trinajstić information content (AvgIpc) is 3.13. The van der Waals surface area contributed by atoms with Crippen LogP contribution in [0.5, 0.6) is 0 Å². The minimum absolute atomic E-state index is 0. The van der Waals surface area contributed by atoms with Gasteiger partial charge in [0.2, 0.25) is 0 Å². The summed E-state index contributed by atoms with van der Waals surface area (Å²) in [6.45, 7) is 13.1. The van der Waals surface area contributed by atoms with E-state index in [9.17, 15) is 0 Å². The van der Waals surface area contributed by atoms with Gasteiger partial charge >= 0.3 is 26.2 Å². The predicted octanol–water partition coefficient (Wildman–Crippen LogP) is 11.3. The van der Waals surface area contributed by atoms with Gasteiger partial charge in [-0.15, -0.1) is 13.0 Å². The molecule has 1 nitrogen and oxygen atoms in total. The van der Waals surface area contributed by atoms with Crippen LogP contribution in [-0.4, -0.2) is 15.6 Å². The van der Waals surface area contributed by atoms with E-state index >= 15 is 0 Å². The van der Waals surface area contributed by atoms with E-state index in [1.54, 1.807) is 0 Å². The van der Waals surface area contributed by atoms with Gasteiger partial charge in [-0.1, -0.05) is 171 Å². The molecule has 1 atom stereocenters. The van der Waals surface area contributed by atoms with Crippen LogP contribution in [0.2, 0.25) is 13.1 Å². The Bertz CT molecular complexity index is 826. The molecule has 2 aliphatic carbocycles. The Morgan fingerprint density at radius 1 is 0.658 bits per heavy atom. The van der Waals surface area contributed by atoms with Crippen molar-refractivity contribution in [3.8, 4) is 11.1 Å². The van der Waals surface area contributed by atoms with E-state index in [2.05, 4.69) is 95.4 Å². The molecule has 0 heterocycles. The third-order valence-corrected chi connectivity index (χ3v) is 7.22. The van der Waals surface area contributed by atoms with Crippen LogP contribution in [0.1, 0.15) is 98.3 Å². The molecule has 0 amide bonds. The normalized spacial score (nSPS) is 18.4. The van der Waals surface area contributed by atoms with Crippen LogP contribution in [0, 0.1) is 12.0 Å². The summed E-state index contributed by atoms with van der Waals surface area (Å²) < 4.78 is 0. The molecular weight excluding hydrogens is 554 g/mol. The summed E-state index contributed by atoms with van der Waals surface area (Å²) in [6.07, 6.45) is 18.1. The van der Waals surface area contributed by atoms with Gasteiger partial charge in [0.1, 0.15) is 0 Å². The quantitative estimate of drug-likeness (QED) is 0.227. The summed E-state index contributed by atoms with van der Waals surface area (Å²) in [5.41, 5.74) is 14.6. The molecule has 0 aromatic heterocycles. The fourth-order valence-electron chi connectivity index (χ4n) is 4.59. The first-order valence-electron chi connectivity index (χ1n) is 14.7. The Hall–Kier alpha value is -1.02. The van der Waals surface area contributed by atoms with Gasteiger partial charge in [0, 0.05) is 9.52 Å². The standard InChI is InChI=1S/C12H24N.C12H10.C9H13.C2H7Si.Zr/c13-12-10-8-6-4-2-1-3-5-7-9-11-12;1-3-7-11(8-4-1)12-9-5-2-6-10-12;1-6-5-7(2)9(4)8(6)3;1-3-2;/h12-13H,1-11H2;1-10H;6H,1-4H3;3H,1-2H3;/q-1;;-1;;+2. The van der Waals surface area contributed by atoms with Crippen molar-refractivity contribution in [2.45, 2.75) is 117 Å². The predicted molar refractivity (Wildman–Crippen MR) is 170 cm³/mol. The average molecular weight is 608 g/mol. The third-order valence-electron chi connectivity index (χ3n) is 7.22. The summed E-state index contributed by atoms with van der Waals surface area (Å²) >= 11 is 0. The first-order chi connectivity index (χ1) is 17.9. The summed E-state index contributed by atoms with van der Waals surface area (Å²) in [7, 11) is 0.750. The van der Waals surface area contributed by atoms with Crippen LogP contribution in [0.15, 0.2) is 77.4 Å². The second-order valence-corrected chi connectivity index (χ2v) is 11.7. The van der Waals surface area contributed by atoms with Crippen LogP contribution < -0.4 is 0 Å². The van der Waals surface area contributed by atoms with Gasteiger partial charge in [-0.05, 0) is 11.1 Å². The first-order valence-corrected chi connectivity index (χ1v) is 17.0. The third kappa shape index (κ3) is 16.8. The van der Waals surface area contributed by atoms with Gasteiger partial charge < -0.3 is 5.73 Å². The van der Waals surface area contributed by atoms with Gasteiger partial charge in [-0.25, -0.2) is 5.57 Å². The fourth-order valence-corrected chi connectivity index (χ4v) is 4.59. The first kappa shape index (κ1) is 37.0. The Morgan fingerprint density at radius 3 is 1.26 bits per heavy atom. The second-order valence-electron chi connectivity index (χ2n) is 10.6. The van der Waals surface area contributed by atoms with Gasteiger partial charge in [-0.2, -0.15) is 11.1 Å². The monoisotopic (exact) mass is 606 g/mol. The van der Waals surface area contributed by atoms with Crippen LogP contribution >= 0.6 is 0 Å². The van der Waals surface area contributed by atoms with Crippen LogP contribution in [0.25, 0.3) is 16.9 Å². The van der Waals surface area contributed by atoms with Crippen molar-refractivity contribution in [3.63, 3.8) is 0 Å². The molecule has 1 fully saturated rings. The molecule has 4 rings (SSSR count). The summed E-state index contributed by atoms with van der Waals surface area (Å²) in [6, 6.07) is 21.0. The topological polar surface area (TPSA) is 23.8 Å². The fraction of sp³-hybridized carbons (Fsp3) is 0.543. The molecule has 1 saturated carbocycles. The molecule has 1 radical (unpaired) electrons. The van der Waals surface area contributed by atoms with Gasteiger partial charge in [0.15, 0.2) is 0 Å². The molecule has 2 aliphatic rings. The summed E-state index contributed by atoms with van der Waals surface area (Å²) in [4.78, 5) is 0. The Labute approximate surface area is 258 Å². The van der Waals surface area contributed by atoms with Gasteiger partial charge in [0.05, 0.1) is 0 Å². The van der Waals surface area contributed by atoms with Crippen LogP contribution in [-0.2, 0) is 26.2 Å². The minimum Gasteiger partial charge on any atom is -0.675 e. The molecule has 0 spiro atoms. The number of hydrogen-bond donors (Lipinski definition) is 0. The molecule has 0 aliphatic heterocycles. The van der Waals surface area contributed by atoms with E-state index < -0.39 is 0 Å². The van der Waals surface area contributed by atoms with E-state index in [1.807, 2.05) is 12.1 Å². The van der Waals surface area contributed by atoms with Crippen LogP contribution in [0.4, 0.5) is 0 Å². The number of hydrogen-bond acceptors (Lipinski definition) is 0. The molecule has 0 saturated heterocycles. The van der Waals surface area contributed by atoms with Crippen LogP contribution in [0.3, 0.4) is 0 Å². The molecule has 3 heteroatoms. The Balaban J connectivity index is 0.000000513. The molecular formula is C35H54NSiZr. The maximum Gasteiger partial charge on any atom is 2.00 e. The zero-order valence-electron chi connectivity index (χ0n) is 25.3. The minimum atomic E-state index is 0. The SMILES string of the molecule is CC1=[C-]C(C)C(C)=C1C.C[SiH]C.[NH-]C1CCCCCCCCCCC1.[Zr+2].c1ccc(-c2ccccc2)cc1. The van der Waals surface area contributed by atoms with Crippen molar-refractivity contribution in [3.05, 3.63) is 89.2 Å². The van der Waals surface area contributed by atoms with Gasteiger partial charge in [0.25, 0.3) is 0 Å². The largest absolute Gasteiger partial charge is 2.00 e. The van der Waals surface area contributed by atoms with E-state index in [0.29, 0.717) is 5.92 Å². The van der Waals surface area contributed by atoms with E-state index in [-0.39, 0.29) is 32.2 Å². The van der Waals surface area contributed by atoms with E-state index in [0.717, 1.165) is 22.4 Å². The van der Waals surface area contributed by atoms with Crippen molar-refractivity contribution in [2.75, 3.05) is 0 Å². The molecule has 207 valence electrons. The molecule has 1 N–H and O–H groups in total. The molecule has 0 bridgehead atoms. The van der Waals surface area contributed by atoms with E-state index in [4.69, 9.17) is 5.73 Å². The Morgan fingerprint density at radius 2 is 1.00 bits per heavy atom. The van der Waals surface area contributed by atoms with Gasteiger partial charge in [-0.3, -0.25) is 6.08 Å². The zero-order chi connectivity index (χ0) is 27.3. The maximum atomic E-state index is 7.80. The zero-order valence-corrected chi connectivity index (χ0v) is 28.9. The van der Waals surface area contributed by atoms with Crippen molar-refractivity contribution in [1.82, 2.24) is 0 Å². The second kappa shape index (κ2) is 23.8. The Kier molecular flexibility index (Phi) is 23.2. The number of rotatable bonds is 1. The number of nitrogens with one attached hydrogen (secondary N) is 1. The molecule has 2 aromatic carbocycles. The van der Waals surface area contributed by atoms with Crippen molar-refractivity contribution >= 4 is 9.52 Å². The van der Waals surface area contributed by atoms with Crippen molar-refractivity contribution in [2.24, 2.45) is 5.92 Å². The number of benzene rings is 2. The van der Waals surface area contributed by atoms with Crippen molar-refractivity contribution < 1.29 is 26.2 Å². The molecule has 2 aromatic rings.